The molecule has 0 aliphatic heterocycles. The van der Waals surface area contributed by atoms with E-state index in [0.29, 0.717) is 17.4 Å². The predicted octanol–water partition coefficient (Wildman–Crippen LogP) is 2.78. The normalized spacial score (nSPS) is 10.3. The average Bonchev–Trinajstić information content (AvgIpc) is 3.08. The Hall–Kier alpha value is -2.60. The molecule has 1 amide bonds. The van der Waals surface area contributed by atoms with Crippen LogP contribution in [0.2, 0.25) is 0 Å². The molecule has 5 nitrogen and oxygen atoms in total. The van der Waals surface area contributed by atoms with Gasteiger partial charge in [-0.3, -0.25) is 9.69 Å². The summed E-state index contributed by atoms with van der Waals surface area (Å²) in [5, 5.41) is 2.50. The lowest BCUT2D eigenvalue weighted by Crippen LogP contribution is -2.31. The zero-order valence-corrected chi connectivity index (χ0v) is 11.9. The number of carbonyl (C=O) groups is 1. The van der Waals surface area contributed by atoms with Crippen LogP contribution in [0.4, 0.5) is 5.13 Å². The van der Waals surface area contributed by atoms with E-state index in [1.807, 2.05) is 35.7 Å². The van der Waals surface area contributed by atoms with Gasteiger partial charge in [0.25, 0.3) is 5.91 Å². The lowest BCUT2D eigenvalue weighted by Gasteiger charge is -2.19. The monoisotopic (exact) mass is 296 g/mol. The van der Waals surface area contributed by atoms with Crippen molar-refractivity contribution in [1.29, 1.82) is 0 Å². The van der Waals surface area contributed by atoms with Gasteiger partial charge in [-0.2, -0.15) is 0 Å². The molecule has 0 spiro atoms. The van der Waals surface area contributed by atoms with Gasteiger partial charge in [0, 0.05) is 17.8 Å². The van der Waals surface area contributed by atoms with Crippen molar-refractivity contribution in [2.75, 3.05) is 4.90 Å². The van der Waals surface area contributed by atoms with E-state index in [1.165, 1.54) is 17.7 Å². The Balaban J connectivity index is 1.92. The highest BCUT2D eigenvalue weighted by molar-refractivity contribution is 7.13. The molecule has 3 rings (SSSR count). The van der Waals surface area contributed by atoms with Crippen LogP contribution in [-0.4, -0.2) is 20.9 Å². The first-order chi connectivity index (χ1) is 10.3. The Morgan fingerprint density at radius 2 is 1.95 bits per heavy atom. The van der Waals surface area contributed by atoms with Crippen molar-refractivity contribution >= 4 is 22.4 Å². The Morgan fingerprint density at radius 3 is 2.62 bits per heavy atom. The Labute approximate surface area is 125 Å². The Morgan fingerprint density at radius 1 is 1.10 bits per heavy atom. The Bertz CT molecular complexity index is 701. The summed E-state index contributed by atoms with van der Waals surface area (Å²) in [4.78, 5) is 26.4. The summed E-state index contributed by atoms with van der Waals surface area (Å²) in [6.45, 7) is 0.456. The van der Waals surface area contributed by atoms with E-state index in [-0.39, 0.29) is 5.91 Å². The van der Waals surface area contributed by atoms with Gasteiger partial charge in [-0.25, -0.2) is 15.0 Å². The number of rotatable bonds is 4. The summed E-state index contributed by atoms with van der Waals surface area (Å²) in [7, 11) is 0. The van der Waals surface area contributed by atoms with Crippen LogP contribution < -0.4 is 4.90 Å². The number of hydrogen-bond acceptors (Lipinski definition) is 5. The molecule has 6 heteroatoms. The fourth-order valence-electron chi connectivity index (χ4n) is 1.90. The van der Waals surface area contributed by atoms with Crippen molar-refractivity contribution in [3.05, 3.63) is 71.8 Å². The highest BCUT2D eigenvalue weighted by Crippen LogP contribution is 2.21. The topological polar surface area (TPSA) is 59.0 Å². The highest BCUT2D eigenvalue weighted by atomic mass is 32.1. The molecule has 104 valence electrons. The van der Waals surface area contributed by atoms with Crippen molar-refractivity contribution in [2.24, 2.45) is 0 Å². The van der Waals surface area contributed by atoms with Gasteiger partial charge in [-0.15, -0.1) is 11.3 Å². The molecule has 0 aliphatic rings. The summed E-state index contributed by atoms with van der Waals surface area (Å²) >= 11 is 1.42. The lowest BCUT2D eigenvalue weighted by molar-refractivity contribution is 0.0980. The fourth-order valence-corrected chi connectivity index (χ4v) is 2.54. The number of aromatic nitrogens is 3. The molecular formula is C15H12N4OS. The molecule has 1 aromatic carbocycles. The van der Waals surface area contributed by atoms with Gasteiger partial charge in [-0.1, -0.05) is 30.3 Å². The zero-order chi connectivity index (χ0) is 14.5. The van der Waals surface area contributed by atoms with E-state index in [4.69, 9.17) is 0 Å². The first kappa shape index (κ1) is 13.4. The van der Waals surface area contributed by atoms with Gasteiger partial charge in [0.1, 0.15) is 12.0 Å². The lowest BCUT2D eigenvalue weighted by atomic mass is 10.2. The molecule has 0 N–H and O–H groups in total. The number of anilines is 1. The molecule has 0 atom stereocenters. The molecule has 2 heterocycles. The molecule has 3 aromatic rings. The third kappa shape index (κ3) is 3.11. The third-order valence-electron chi connectivity index (χ3n) is 2.88. The van der Waals surface area contributed by atoms with Crippen molar-refractivity contribution in [1.82, 2.24) is 15.0 Å². The average molecular weight is 296 g/mol. The van der Waals surface area contributed by atoms with Crippen LogP contribution in [0.1, 0.15) is 16.1 Å². The summed E-state index contributed by atoms with van der Waals surface area (Å²) in [5.74, 6) is -0.184. The van der Waals surface area contributed by atoms with E-state index in [1.54, 1.807) is 23.4 Å². The fraction of sp³-hybridized carbons (Fsp3) is 0.0667. The minimum absolute atomic E-state index is 0.184. The van der Waals surface area contributed by atoms with E-state index in [9.17, 15) is 4.79 Å². The minimum Gasteiger partial charge on any atom is -0.278 e. The van der Waals surface area contributed by atoms with Crippen molar-refractivity contribution in [2.45, 2.75) is 6.54 Å². The van der Waals surface area contributed by atoms with Gasteiger partial charge in [0.15, 0.2) is 5.13 Å². The predicted molar refractivity (Wildman–Crippen MR) is 81.1 cm³/mol. The summed E-state index contributed by atoms with van der Waals surface area (Å²) in [5.41, 5.74) is 1.39. The maximum Gasteiger partial charge on any atom is 0.279 e. The molecular weight excluding hydrogens is 284 g/mol. The van der Waals surface area contributed by atoms with E-state index in [0.717, 1.165) is 5.56 Å². The standard InChI is InChI=1S/C15H12N4OS/c20-14(13-6-7-16-11-18-13)19(15-17-8-9-21-15)10-12-4-2-1-3-5-12/h1-9,11H,10H2. The number of nitrogens with zero attached hydrogens (tertiary/aromatic N) is 4. The first-order valence-corrected chi connectivity index (χ1v) is 7.24. The van der Waals surface area contributed by atoms with Crippen LogP contribution in [0.25, 0.3) is 0 Å². The van der Waals surface area contributed by atoms with Gasteiger partial charge < -0.3 is 0 Å². The SMILES string of the molecule is O=C(c1ccncn1)N(Cc1ccccc1)c1nccs1. The molecule has 2 aromatic heterocycles. The Kier molecular flexibility index (Phi) is 3.97. The highest BCUT2D eigenvalue weighted by Gasteiger charge is 2.21. The summed E-state index contributed by atoms with van der Waals surface area (Å²) < 4.78 is 0. The first-order valence-electron chi connectivity index (χ1n) is 6.36. The second-order valence-electron chi connectivity index (χ2n) is 4.29. The zero-order valence-electron chi connectivity index (χ0n) is 11.1. The largest absolute Gasteiger partial charge is 0.279 e. The van der Waals surface area contributed by atoms with Gasteiger partial charge in [-0.05, 0) is 11.6 Å². The molecule has 0 bridgehead atoms. The number of benzene rings is 1. The second-order valence-corrected chi connectivity index (χ2v) is 5.16. The molecule has 0 fully saturated rings. The maximum atomic E-state index is 12.6. The minimum atomic E-state index is -0.184. The second kappa shape index (κ2) is 6.23. The molecule has 0 aliphatic carbocycles. The van der Waals surface area contributed by atoms with Gasteiger partial charge >= 0.3 is 0 Å². The van der Waals surface area contributed by atoms with Crippen LogP contribution in [0.5, 0.6) is 0 Å². The number of hydrogen-bond donors (Lipinski definition) is 0. The van der Waals surface area contributed by atoms with Crippen molar-refractivity contribution in [3.8, 4) is 0 Å². The van der Waals surface area contributed by atoms with Crippen LogP contribution in [0, 0.1) is 0 Å². The van der Waals surface area contributed by atoms with Gasteiger partial charge in [0.05, 0.1) is 6.54 Å². The maximum absolute atomic E-state index is 12.6. The summed E-state index contributed by atoms with van der Waals surface area (Å²) in [6, 6.07) is 11.4. The molecule has 21 heavy (non-hydrogen) atoms. The number of thiazole rings is 1. The van der Waals surface area contributed by atoms with E-state index >= 15 is 0 Å². The van der Waals surface area contributed by atoms with Crippen LogP contribution in [0.15, 0.2) is 60.5 Å². The summed E-state index contributed by atoms with van der Waals surface area (Å²) in [6.07, 6.45) is 4.61. The van der Waals surface area contributed by atoms with Gasteiger partial charge in [0.2, 0.25) is 0 Å². The van der Waals surface area contributed by atoms with Crippen molar-refractivity contribution in [3.63, 3.8) is 0 Å². The smallest absolute Gasteiger partial charge is 0.278 e. The number of carbonyl (C=O) groups excluding carboxylic acids is 1. The van der Waals surface area contributed by atoms with Crippen LogP contribution >= 0.6 is 11.3 Å². The van der Waals surface area contributed by atoms with Crippen LogP contribution in [0.3, 0.4) is 0 Å². The quantitative estimate of drug-likeness (QED) is 0.743. The number of amides is 1. The van der Waals surface area contributed by atoms with E-state index < -0.39 is 0 Å². The molecule has 0 unspecified atom stereocenters. The van der Waals surface area contributed by atoms with Crippen LogP contribution in [-0.2, 0) is 6.54 Å². The molecule has 0 saturated heterocycles. The van der Waals surface area contributed by atoms with Crippen molar-refractivity contribution < 1.29 is 4.79 Å². The third-order valence-corrected chi connectivity index (χ3v) is 3.67. The van der Waals surface area contributed by atoms with E-state index in [2.05, 4.69) is 15.0 Å². The molecule has 0 radical (unpaired) electrons. The molecule has 0 saturated carbocycles.